The van der Waals surface area contributed by atoms with Crippen LogP contribution in [0.4, 0.5) is 0 Å². The molecule has 101 valence electrons. The summed E-state index contributed by atoms with van der Waals surface area (Å²) in [6.45, 7) is 24.8. The molecule has 3 heteroatoms. The maximum absolute atomic E-state index is 3.91. The zero-order valence-electron chi connectivity index (χ0n) is 13.0. The summed E-state index contributed by atoms with van der Waals surface area (Å²) < 4.78 is 0. The van der Waals surface area contributed by atoms with E-state index in [4.69, 9.17) is 0 Å². The van der Waals surface area contributed by atoms with Crippen LogP contribution in [-0.2, 0) is 21.7 Å². The SMILES string of the molecule is [CH2-][Si](C)(C)C.[CH2-][Si](C)(C)C.[CH2-]c1ccccc1.[Ti+3]. The molecule has 0 N–H and O–H groups in total. The van der Waals surface area contributed by atoms with Crippen LogP contribution in [0.1, 0.15) is 5.56 Å². The summed E-state index contributed by atoms with van der Waals surface area (Å²) in [4.78, 5) is 0. The van der Waals surface area contributed by atoms with E-state index in [1.807, 2.05) is 30.3 Å². The maximum atomic E-state index is 3.91. The van der Waals surface area contributed by atoms with Crippen LogP contribution in [0.15, 0.2) is 30.3 Å². The Labute approximate surface area is 132 Å². The molecule has 0 aliphatic heterocycles. The van der Waals surface area contributed by atoms with Crippen molar-refractivity contribution in [2.45, 2.75) is 39.3 Å². The zero-order valence-corrected chi connectivity index (χ0v) is 16.6. The number of hydrogen-bond donors (Lipinski definition) is 0. The van der Waals surface area contributed by atoms with Crippen LogP contribution < -0.4 is 0 Å². The van der Waals surface area contributed by atoms with Crippen LogP contribution in [0.5, 0.6) is 0 Å². The largest absolute Gasteiger partial charge is 3.00 e. The van der Waals surface area contributed by atoms with Crippen molar-refractivity contribution < 1.29 is 21.7 Å². The smallest absolute Gasteiger partial charge is 0.342 e. The quantitative estimate of drug-likeness (QED) is 0.452. The third kappa shape index (κ3) is 55.6. The fourth-order valence-corrected chi connectivity index (χ4v) is 0.478. The fraction of sp³-hybridized carbons (Fsp3) is 0.400. The van der Waals surface area contributed by atoms with Gasteiger partial charge < -0.3 is 13.1 Å². The summed E-state index contributed by atoms with van der Waals surface area (Å²) in [6, 6.07) is 9.87. The molecule has 0 amide bonds. The molecule has 0 aliphatic rings. The first-order valence-corrected chi connectivity index (χ1v) is 13.4. The summed E-state index contributed by atoms with van der Waals surface area (Å²) >= 11 is 0. The molecule has 0 nitrogen and oxygen atoms in total. The van der Waals surface area contributed by atoms with Gasteiger partial charge in [0.2, 0.25) is 0 Å². The predicted molar refractivity (Wildman–Crippen MR) is 88.3 cm³/mol. The molecule has 1 aromatic rings. The molecule has 0 spiro atoms. The van der Waals surface area contributed by atoms with E-state index >= 15 is 0 Å². The van der Waals surface area contributed by atoms with E-state index in [0.29, 0.717) is 0 Å². The molecule has 0 saturated heterocycles. The fourth-order valence-electron chi connectivity index (χ4n) is 0.478. The van der Waals surface area contributed by atoms with Gasteiger partial charge in [-0.1, -0.05) is 45.3 Å². The van der Waals surface area contributed by atoms with E-state index in [9.17, 15) is 0 Å². The van der Waals surface area contributed by atoms with Crippen molar-refractivity contribution in [3.8, 4) is 0 Å². The minimum Gasteiger partial charge on any atom is -0.342 e. The molecule has 0 heterocycles. The van der Waals surface area contributed by atoms with Gasteiger partial charge in [-0.15, -0.1) is 28.3 Å². The van der Waals surface area contributed by atoms with Gasteiger partial charge in [-0.05, 0) is 0 Å². The zero-order chi connectivity index (χ0) is 14.1. The third-order valence-corrected chi connectivity index (χ3v) is 0.843. The average Bonchev–Trinajstić information content (AvgIpc) is 1.98. The molecule has 1 rings (SSSR count). The average molecular weight is 313 g/mol. The van der Waals surface area contributed by atoms with Crippen LogP contribution in [0.3, 0.4) is 0 Å². The minimum atomic E-state index is -0.861. The Morgan fingerprint density at radius 2 is 0.944 bits per heavy atom. The predicted octanol–water partition coefficient (Wildman–Crippen LogP) is 5.26. The third-order valence-electron chi connectivity index (χ3n) is 0.843. The van der Waals surface area contributed by atoms with E-state index in [0.717, 1.165) is 5.56 Å². The van der Waals surface area contributed by atoms with Crippen molar-refractivity contribution in [2.75, 3.05) is 0 Å². The number of hydrogen-bond acceptors (Lipinski definition) is 0. The van der Waals surface area contributed by atoms with Gasteiger partial charge in [-0.25, -0.2) is 0 Å². The maximum Gasteiger partial charge on any atom is 3.00 e. The Hall–Kier alpha value is 0.238. The molecule has 0 saturated carbocycles. The Kier molecular flexibility index (Phi) is 14.4. The molecule has 0 aromatic heterocycles. The summed E-state index contributed by atoms with van der Waals surface area (Å²) in [7, 11) is -1.72. The normalized spacial score (nSPS) is 10.0. The molecule has 0 fully saturated rings. The van der Waals surface area contributed by atoms with Gasteiger partial charge in [-0.3, -0.25) is 0 Å². The summed E-state index contributed by atoms with van der Waals surface area (Å²) in [6.07, 6.45) is 0. The standard InChI is InChI=1S/C7H7.2C4H11Si.Ti/c1-7-5-3-2-4-6-7;2*1-5(2,3)4;/h2-6H,1H2;2*1H2,2-4H3;/q3*-1;+3. The van der Waals surface area contributed by atoms with Crippen LogP contribution >= 0.6 is 0 Å². The first kappa shape index (κ1) is 23.3. The summed E-state index contributed by atoms with van der Waals surface area (Å²) in [5, 5.41) is 0. The van der Waals surface area contributed by atoms with Crippen molar-refractivity contribution in [1.29, 1.82) is 0 Å². The first-order valence-electron chi connectivity index (χ1n) is 5.97. The van der Waals surface area contributed by atoms with E-state index in [1.165, 1.54) is 0 Å². The van der Waals surface area contributed by atoms with Crippen LogP contribution in [0.25, 0.3) is 0 Å². The van der Waals surface area contributed by atoms with Crippen molar-refractivity contribution in [3.05, 3.63) is 55.9 Å². The van der Waals surface area contributed by atoms with Gasteiger partial charge in [0.15, 0.2) is 0 Å². The molecule has 0 bridgehead atoms. The summed E-state index contributed by atoms with van der Waals surface area (Å²) in [5.74, 6) is 0. The van der Waals surface area contributed by atoms with Crippen molar-refractivity contribution in [2.24, 2.45) is 0 Å². The second-order valence-electron chi connectivity index (χ2n) is 6.61. The van der Waals surface area contributed by atoms with E-state index in [2.05, 4.69) is 59.3 Å². The van der Waals surface area contributed by atoms with Crippen molar-refractivity contribution in [3.63, 3.8) is 0 Å². The van der Waals surface area contributed by atoms with Gasteiger partial charge >= 0.3 is 21.7 Å². The Morgan fingerprint density at radius 1 is 0.722 bits per heavy atom. The molecule has 0 unspecified atom stereocenters. The second kappa shape index (κ2) is 11.1. The summed E-state index contributed by atoms with van der Waals surface area (Å²) in [5.41, 5.74) is 1.07. The Balaban J connectivity index is -0.000000188. The monoisotopic (exact) mass is 313 g/mol. The van der Waals surface area contributed by atoms with E-state index in [-0.39, 0.29) is 21.7 Å². The molecule has 0 aliphatic carbocycles. The molecule has 0 atom stereocenters. The van der Waals surface area contributed by atoms with Gasteiger partial charge in [0.25, 0.3) is 0 Å². The van der Waals surface area contributed by atoms with Crippen molar-refractivity contribution in [1.82, 2.24) is 0 Å². The second-order valence-corrected chi connectivity index (χ2v) is 16.8. The number of benzene rings is 1. The van der Waals surface area contributed by atoms with Gasteiger partial charge in [-0.2, -0.15) is 24.6 Å². The van der Waals surface area contributed by atoms with Gasteiger partial charge in [0.05, 0.1) is 0 Å². The van der Waals surface area contributed by atoms with Crippen LogP contribution in [0.2, 0.25) is 39.3 Å². The van der Waals surface area contributed by atoms with Gasteiger partial charge in [0.1, 0.15) is 0 Å². The first-order chi connectivity index (χ1) is 7.39. The molecular weight excluding hydrogens is 284 g/mol. The van der Waals surface area contributed by atoms with E-state index in [1.54, 1.807) is 0 Å². The Bertz CT molecular complexity index is 247. The van der Waals surface area contributed by atoms with Crippen molar-refractivity contribution >= 4 is 16.1 Å². The van der Waals surface area contributed by atoms with Crippen LogP contribution in [0, 0.1) is 20.0 Å². The topological polar surface area (TPSA) is 0 Å². The Morgan fingerprint density at radius 3 is 1.06 bits per heavy atom. The van der Waals surface area contributed by atoms with Gasteiger partial charge in [0, 0.05) is 0 Å². The molecule has 18 heavy (non-hydrogen) atoms. The minimum absolute atomic E-state index is 0. The van der Waals surface area contributed by atoms with Crippen LogP contribution in [-0.4, -0.2) is 16.1 Å². The molecule has 1 radical (unpaired) electrons. The number of rotatable bonds is 0. The molecular formula is C15H29Si2Ti. The molecule has 1 aromatic carbocycles. The van der Waals surface area contributed by atoms with E-state index < -0.39 is 16.1 Å².